The molecule has 0 aliphatic carbocycles. The Morgan fingerprint density at radius 1 is 1.21 bits per heavy atom. The molecule has 0 aliphatic rings. The molecule has 1 atom stereocenters. The summed E-state index contributed by atoms with van der Waals surface area (Å²) in [5.41, 5.74) is 0.745. The van der Waals surface area contributed by atoms with Crippen molar-refractivity contribution < 1.29 is 9.59 Å². The highest BCUT2D eigenvalue weighted by molar-refractivity contribution is 6.00. The van der Waals surface area contributed by atoms with Gasteiger partial charge in [-0.1, -0.05) is 38.0 Å². The van der Waals surface area contributed by atoms with Gasteiger partial charge in [0.25, 0.3) is 5.91 Å². The molecule has 0 saturated heterocycles. The Labute approximate surface area is 141 Å². The van der Waals surface area contributed by atoms with Crippen LogP contribution >= 0.6 is 0 Å². The quantitative estimate of drug-likeness (QED) is 0.735. The van der Waals surface area contributed by atoms with Crippen LogP contribution in [0.4, 0.5) is 5.82 Å². The van der Waals surface area contributed by atoms with Crippen LogP contribution in [0.15, 0.2) is 42.6 Å². The fourth-order valence-electron chi connectivity index (χ4n) is 2.09. The molecular formula is C18H20N4O2. The van der Waals surface area contributed by atoms with Crippen molar-refractivity contribution in [1.82, 2.24) is 15.5 Å². The van der Waals surface area contributed by atoms with Crippen molar-refractivity contribution in [1.29, 1.82) is 0 Å². The van der Waals surface area contributed by atoms with Crippen LogP contribution in [-0.4, -0.2) is 28.1 Å². The SMILES string of the molecule is CC(C)C[C@H](NC(=O)C#Cc1ccccc1)C(=O)Nc1ccn[nH]1. The minimum Gasteiger partial charge on any atom is -0.333 e. The summed E-state index contributed by atoms with van der Waals surface area (Å²) >= 11 is 0. The van der Waals surface area contributed by atoms with Crippen molar-refractivity contribution in [2.45, 2.75) is 26.3 Å². The number of rotatable bonds is 5. The van der Waals surface area contributed by atoms with Crippen molar-refractivity contribution in [2.75, 3.05) is 5.32 Å². The van der Waals surface area contributed by atoms with Crippen LogP contribution in [0.25, 0.3) is 0 Å². The predicted octanol–water partition coefficient (Wildman–Crippen LogP) is 1.93. The molecule has 6 nitrogen and oxygen atoms in total. The molecule has 0 unspecified atom stereocenters. The standard InChI is InChI=1S/C18H20N4O2/c1-13(2)12-15(18(24)21-16-10-11-19-22-16)20-17(23)9-8-14-6-4-3-5-7-14/h3-7,10-11,13,15H,12H2,1-2H3,(H,20,23)(H2,19,21,22,24)/t15-/m0/s1. The van der Waals surface area contributed by atoms with E-state index in [2.05, 4.69) is 32.7 Å². The molecule has 1 heterocycles. The lowest BCUT2D eigenvalue weighted by Crippen LogP contribution is -2.44. The number of benzene rings is 1. The summed E-state index contributed by atoms with van der Waals surface area (Å²) in [4.78, 5) is 24.4. The smallest absolute Gasteiger partial charge is 0.296 e. The van der Waals surface area contributed by atoms with Gasteiger partial charge >= 0.3 is 0 Å². The summed E-state index contributed by atoms with van der Waals surface area (Å²) in [7, 11) is 0. The van der Waals surface area contributed by atoms with Crippen molar-refractivity contribution in [2.24, 2.45) is 5.92 Å². The van der Waals surface area contributed by atoms with Gasteiger partial charge in [-0.2, -0.15) is 5.10 Å². The van der Waals surface area contributed by atoms with E-state index >= 15 is 0 Å². The lowest BCUT2D eigenvalue weighted by molar-refractivity contribution is -0.123. The van der Waals surface area contributed by atoms with Gasteiger partial charge in [0.15, 0.2) is 0 Å². The number of hydrogen-bond acceptors (Lipinski definition) is 3. The molecule has 2 amide bonds. The van der Waals surface area contributed by atoms with Gasteiger partial charge in [0.05, 0.1) is 6.20 Å². The lowest BCUT2D eigenvalue weighted by atomic mass is 10.0. The van der Waals surface area contributed by atoms with Gasteiger partial charge in [0.1, 0.15) is 11.9 Å². The Balaban J connectivity index is 2.01. The van der Waals surface area contributed by atoms with Crippen LogP contribution in [0.1, 0.15) is 25.8 Å². The Bertz CT molecular complexity index is 727. The maximum atomic E-state index is 12.3. The highest BCUT2D eigenvalue weighted by Crippen LogP contribution is 2.08. The van der Waals surface area contributed by atoms with Gasteiger partial charge in [-0.25, -0.2) is 0 Å². The van der Waals surface area contributed by atoms with Crippen molar-refractivity contribution in [3.63, 3.8) is 0 Å². The minimum absolute atomic E-state index is 0.241. The first-order chi connectivity index (χ1) is 11.5. The molecule has 0 aliphatic heterocycles. The van der Waals surface area contributed by atoms with E-state index in [0.29, 0.717) is 12.2 Å². The molecule has 124 valence electrons. The van der Waals surface area contributed by atoms with E-state index in [1.54, 1.807) is 6.07 Å². The average molecular weight is 324 g/mol. The molecular weight excluding hydrogens is 304 g/mol. The van der Waals surface area contributed by atoms with E-state index in [1.807, 2.05) is 44.2 Å². The van der Waals surface area contributed by atoms with Gasteiger partial charge in [-0.05, 0) is 24.5 Å². The van der Waals surface area contributed by atoms with Gasteiger partial charge in [0, 0.05) is 17.6 Å². The second-order valence-electron chi connectivity index (χ2n) is 5.73. The molecule has 3 N–H and O–H groups in total. The van der Waals surface area contributed by atoms with E-state index in [9.17, 15) is 9.59 Å². The first-order valence-corrected chi connectivity index (χ1v) is 7.72. The van der Waals surface area contributed by atoms with Crippen molar-refractivity contribution >= 4 is 17.6 Å². The molecule has 1 aromatic heterocycles. The van der Waals surface area contributed by atoms with Crippen LogP contribution in [-0.2, 0) is 9.59 Å². The number of H-pyrrole nitrogens is 1. The highest BCUT2D eigenvalue weighted by atomic mass is 16.2. The third kappa shape index (κ3) is 5.61. The van der Waals surface area contributed by atoms with Gasteiger partial charge < -0.3 is 10.6 Å². The Kier molecular flexibility index (Phi) is 6.15. The first kappa shape index (κ1) is 17.3. The Hall–Kier alpha value is -3.07. The second-order valence-corrected chi connectivity index (χ2v) is 5.73. The topological polar surface area (TPSA) is 86.9 Å². The van der Waals surface area contributed by atoms with Crippen LogP contribution < -0.4 is 10.6 Å². The van der Waals surface area contributed by atoms with E-state index in [1.165, 1.54) is 6.20 Å². The van der Waals surface area contributed by atoms with Gasteiger partial charge in [0.2, 0.25) is 5.91 Å². The number of carbonyl (C=O) groups is 2. The molecule has 0 radical (unpaired) electrons. The molecule has 24 heavy (non-hydrogen) atoms. The fraction of sp³-hybridized carbons (Fsp3) is 0.278. The van der Waals surface area contributed by atoms with E-state index in [4.69, 9.17) is 0 Å². The number of carbonyl (C=O) groups excluding carboxylic acids is 2. The predicted molar refractivity (Wildman–Crippen MR) is 91.9 cm³/mol. The maximum absolute atomic E-state index is 12.3. The van der Waals surface area contributed by atoms with Crippen LogP contribution in [0, 0.1) is 17.8 Å². The average Bonchev–Trinajstić information content (AvgIpc) is 3.06. The Morgan fingerprint density at radius 3 is 2.58 bits per heavy atom. The normalized spacial score (nSPS) is 11.3. The zero-order valence-electron chi connectivity index (χ0n) is 13.7. The number of aromatic nitrogens is 2. The summed E-state index contributed by atoms with van der Waals surface area (Å²) in [5, 5.41) is 11.8. The number of hydrogen-bond donors (Lipinski definition) is 3. The summed E-state index contributed by atoms with van der Waals surface area (Å²) in [6.45, 7) is 3.97. The minimum atomic E-state index is -0.661. The molecule has 6 heteroatoms. The zero-order valence-corrected chi connectivity index (χ0v) is 13.7. The Morgan fingerprint density at radius 2 is 1.96 bits per heavy atom. The van der Waals surface area contributed by atoms with E-state index < -0.39 is 11.9 Å². The highest BCUT2D eigenvalue weighted by Gasteiger charge is 2.21. The zero-order chi connectivity index (χ0) is 17.4. The number of anilines is 1. The summed E-state index contributed by atoms with van der Waals surface area (Å²) in [6, 6.07) is 10.2. The van der Waals surface area contributed by atoms with Crippen LogP contribution in [0.5, 0.6) is 0 Å². The van der Waals surface area contributed by atoms with Crippen molar-refractivity contribution in [3.05, 3.63) is 48.2 Å². The van der Waals surface area contributed by atoms with Gasteiger partial charge in [-0.15, -0.1) is 0 Å². The molecule has 2 rings (SSSR count). The third-order valence-electron chi connectivity index (χ3n) is 3.18. The third-order valence-corrected chi connectivity index (χ3v) is 3.18. The number of amides is 2. The number of nitrogens with zero attached hydrogens (tertiary/aromatic N) is 1. The van der Waals surface area contributed by atoms with Crippen molar-refractivity contribution in [3.8, 4) is 11.8 Å². The lowest BCUT2D eigenvalue weighted by Gasteiger charge is -2.18. The van der Waals surface area contributed by atoms with Crippen LogP contribution in [0.2, 0.25) is 0 Å². The number of nitrogens with one attached hydrogen (secondary N) is 3. The largest absolute Gasteiger partial charge is 0.333 e. The number of aromatic amines is 1. The summed E-state index contributed by atoms with van der Waals surface area (Å²) in [6.07, 6.45) is 2.05. The fourth-order valence-corrected chi connectivity index (χ4v) is 2.09. The van der Waals surface area contributed by atoms with Crippen LogP contribution in [0.3, 0.4) is 0 Å². The van der Waals surface area contributed by atoms with Gasteiger partial charge in [-0.3, -0.25) is 14.7 Å². The summed E-state index contributed by atoms with van der Waals surface area (Å²) < 4.78 is 0. The molecule has 1 aromatic carbocycles. The first-order valence-electron chi connectivity index (χ1n) is 7.72. The molecule has 0 bridgehead atoms. The molecule has 0 spiro atoms. The van der Waals surface area contributed by atoms with E-state index in [0.717, 1.165) is 5.56 Å². The molecule has 0 saturated carbocycles. The van der Waals surface area contributed by atoms with E-state index in [-0.39, 0.29) is 11.8 Å². The summed E-state index contributed by atoms with van der Waals surface area (Å²) in [5.74, 6) is 5.23. The maximum Gasteiger partial charge on any atom is 0.296 e. The molecule has 2 aromatic rings. The monoisotopic (exact) mass is 324 g/mol. The molecule has 0 fully saturated rings. The second kappa shape index (κ2) is 8.53.